The first-order valence-electron chi connectivity index (χ1n) is 9.34. The number of hydrogen-bond acceptors (Lipinski definition) is 5. The van der Waals surface area contributed by atoms with E-state index in [2.05, 4.69) is 15.4 Å². The van der Waals surface area contributed by atoms with Crippen molar-refractivity contribution in [3.63, 3.8) is 0 Å². The highest BCUT2D eigenvalue weighted by molar-refractivity contribution is 5.94. The quantitative estimate of drug-likeness (QED) is 0.778. The lowest BCUT2D eigenvalue weighted by atomic mass is 9.85. The van der Waals surface area contributed by atoms with E-state index in [-0.39, 0.29) is 24.5 Å². The van der Waals surface area contributed by atoms with Gasteiger partial charge in [-0.25, -0.2) is 0 Å². The van der Waals surface area contributed by atoms with Crippen molar-refractivity contribution in [3.8, 4) is 0 Å². The fourth-order valence-electron chi connectivity index (χ4n) is 3.97. The van der Waals surface area contributed by atoms with E-state index in [0.717, 1.165) is 56.4 Å². The van der Waals surface area contributed by atoms with Crippen LogP contribution in [0.5, 0.6) is 0 Å². The summed E-state index contributed by atoms with van der Waals surface area (Å²) in [5.41, 5.74) is 1.42. The molecule has 1 aromatic rings. The third-order valence-corrected chi connectivity index (χ3v) is 5.66. The number of fused-ring (bicyclic) bond motifs is 1. The highest BCUT2D eigenvalue weighted by Gasteiger charge is 2.38. The van der Waals surface area contributed by atoms with E-state index in [1.54, 1.807) is 0 Å². The Morgan fingerprint density at radius 2 is 2.00 bits per heavy atom. The summed E-state index contributed by atoms with van der Waals surface area (Å²) in [6.45, 7) is 0.965. The number of rotatable bonds is 7. The minimum atomic E-state index is -0.776. The van der Waals surface area contributed by atoms with Crippen molar-refractivity contribution in [2.75, 3.05) is 13.1 Å². The molecule has 3 aliphatic carbocycles. The molecule has 1 heterocycles. The molecule has 0 saturated heterocycles. The highest BCUT2D eigenvalue weighted by atomic mass is 16.5. The van der Waals surface area contributed by atoms with E-state index in [4.69, 9.17) is 9.63 Å². The Labute approximate surface area is 146 Å². The second-order valence-electron chi connectivity index (χ2n) is 7.70. The molecule has 2 saturated carbocycles. The summed E-state index contributed by atoms with van der Waals surface area (Å²) in [5.74, 6) is 0.597. The summed E-state index contributed by atoms with van der Waals surface area (Å²) in [6.07, 6.45) is 7.94. The Balaban J connectivity index is 1.30. The van der Waals surface area contributed by atoms with Gasteiger partial charge in [-0.05, 0) is 50.9 Å². The first-order valence-corrected chi connectivity index (χ1v) is 9.34. The number of carbonyl (C=O) groups excluding carboxylic acids is 1. The van der Waals surface area contributed by atoms with E-state index < -0.39 is 5.97 Å². The first kappa shape index (κ1) is 16.6. The lowest BCUT2D eigenvalue weighted by Gasteiger charge is -2.42. The number of nitrogens with one attached hydrogen (secondary N) is 1. The van der Waals surface area contributed by atoms with Crippen LogP contribution in [0.1, 0.15) is 60.3 Å². The minimum Gasteiger partial charge on any atom is -0.480 e. The zero-order chi connectivity index (χ0) is 17.4. The van der Waals surface area contributed by atoms with Crippen molar-refractivity contribution in [3.05, 3.63) is 17.0 Å². The van der Waals surface area contributed by atoms with E-state index >= 15 is 0 Å². The van der Waals surface area contributed by atoms with Gasteiger partial charge in [0.2, 0.25) is 0 Å². The van der Waals surface area contributed by atoms with Crippen LogP contribution < -0.4 is 5.32 Å². The van der Waals surface area contributed by atoms with Crippen LogP contribution in [-0.4, -0.2) is 52.2 Å². The Hall–Kier alpha value is -1.89. The number of aliphatic carboxylic acids is 1. The Kier molecular flexibility index (Phi) is 4.50. The molecule has 1 aromatic heterocycles. The van der Waals surface area contributed by atoms with Gasteiger partial charge in [0.1, 0.15) is 5.76 Å². The molecular weight excluding hydrogens is 322 g/mol. The molecule has 7 heteroatoms. The molecule has 0 radical (unpaired) electrons. The van der Waals surface area contributed by atoms with Crippen LogP contribution in [0.15, 0.2) is 4.52 Å². The molecule has 0 atom stereocenters. The van der Waals surface area contributed by atoms with Crippen molar-refractivity contribution in [2.45, 2.75) is 63.5 Å². The summed E-state index contributed by atoms with van der Waals surface area (Å²) in [5, 5.41) is 16.1. The Morgan fingerprint density at radius 1 is 1.24 bits per heavy atom. The molecule has 0 aromatic carbocycles. The number of carbonyl (C=O) groups is 2. The number of aromatic nitrogens is 1. The molecule has 136 valence electrons. The molecule has 7 nitrogen and oxygen atoms in total. The smallest absolute Gasteiger partial charge is 0.317 e. The minimum absolute atomic E-state index is 0.0959. The van der Waals surface area contributed by atoms with Gasteiger partial charge in [-0.15, -0.1) is 0 Å². The molecule has 3 aliphatic rings. The monoisotopic (exact) mass is 347 g/mol. The predicted molar refractivity (Wildman–Crippen MR) is 89.4 cm³/mol. The van der Waals surface area contributed by atoms with Gasteiger partial charge in [0.05, 0.1) is 6.54 Å². The molecule has 1 amide bonds. The molecular formula is C18H25N3O4. The summed E-state index contributed by atoms with van der Waals surface area (Å²) in [4.78, 5) is 25.6. The topological polar surface area (TPSA) is 95.7 Å². The lowest BCUT2D eigenvalue weighted by Crippen LogP contribution is -2.55. The van der Waals surface area contributed by atoms with Gasteiger partial charge >= 0.3 is 5.97 Å². The van der Waals surface area contributed by atoms with E-state index in [0.29, 0.717) is 11.6 Å². The van der Waals surface area contributed by atoms with E-state index in [9.17, 15) is 9.59 Å². The van der Waals surface area contributed by atoms with Gasteiger partial charge in [0.15, 0.2) is 5.69 Å². The van der Waals surface area contributed by atoms with Gasteiger partial charge in [0.25, 0.3) is 5.91 Å². The zero-order valence-corrected chi connectivity index (χ0v) is 14.4. The molecule has 0 unspecified atom stereocenters. The third kappa shape index (κ3) is 3.71. The van der Waals surface area contributed by atoms with Gasteiger partial charge in [-0.3, -0.25) is 14.5 Å². The van der Waals surface area contributed by atoms with Crippen molar-refractivity contribution in [1.29, 1.82) is 0 Å². The van der Waals surface area contributed by atoms with Crippen LogP contribution in [-0.2, 0) is 17.6 Å². The average Bonchev–Trinajstić information content (AvgIpc) is 3.24. The maximum Gasteiger partial charge on any atom is 0.317 e. The first-order chi connectivity index (χ1) is 12.1. The number of amides is 1. The highest BCUT2D eigenvalue weighted by Crippen LogP contribution is 2.34. The molecule has 0 aliphatic heterocycles. The second kappa shape index (κ2) is 6.78. The predicted octanol–water partition coefficient (Wildman–Crippen LogP) is 1.61. The van der Waals surface area contributed by atoms with Crippen LogP contribution in [0, 0.1) is 5.92 Å². The number of nitrogens with zero attached hydrogens (tertiary/aromatic N) is 2. The van der Waals surface area contributed by atoms with Crippen LogP contribution in [0.3, 0.4) is 0 Å². The molecule has 2 N–H and O–H groups in total. The fourth-order valence-corrected chi connectivity index (χ4v) is 3.97. The van der Waals surface area contributed by atoms with Crippen molar-refractivity contribution < 1.29 is 19.2 Å². The van der Waals surface area contributed by atoms with Gasteiger partial charge in [-0.2, -0.15) is 0 Å². The molecule has 0 bridgehead atoms. The van der Waals surface area contributed by atoms with Crippen LogP contribution in [0.25, 0.3) is 0 Å². The van der Waals surface area contributed by atoms with Gasteiger partial charge in [-0.1, -0.05) is 5.16 Å². The fraction of sp³-hybridized carbons (Fsp3) is 0.722. The van der Waals surface area contributed by atoms with Crippen molar-refractivity contribution in [1.82, 2.24) is 15.4 Å². The number of carboxylic acids is 1. The van der Waals surface area contributed by atoms with E-state index in [1.165, 1.54) is 12.8 Å². The number of aryl methyl sites for hydroxylation is 1. The SMILES string of the molecule is O=C(O)CN(CC1CC1)C1CC(NC(=O)c2noc3c2CCCC3)C1. The number of carboxylic acid groups (broad SMARTS) is 1. The summed E-state index contributed by atoms with van der Waals surface area (Å²) < 4.78 is 5.31. The molecule has 25 heavy (non-hydrogen) atoms. The van der Waals surface area contributed by atoms with E-state index in [1.807, 2.05) is 0 Å². The Bertz CT molecular complexity index is 661. The zero-order valence-electron chi connectivity index (χ0n) is 14.4. The maximum absolute atomic E-state index is 12.5. The third-order valence-electron chi connectivity index (χ3n) is 5.66. The van der Waals surface area contributed by atoms with Gasteiger partial charge < -0.3 is 14.9 Å². The largest absolute Gasteiger partial charge is 0.480 e. The molecule has 0 spiro atoms. The normalized spacial score (nSPS) is 25.3. The van der Waals surface area contributed by atoms with Gasteiger partial charge in [0, 0.05) is 30.6 Å². The molecule has 4 rings (SSSR count). The lowest BCUT2D eigenvalue weighted by molar-refractivity contribution is -0.139. The van der Waals surface area contributed by atoms with Crippen LogP contribution in [0.2, 0.25) is 0 Å². The summed E-state index contributed by atoms with van der Waals surface area (Å²) in [7, 11) is 0. The summed E-state index contributed by atoms with van der Waals surface area (Å²) in [6, 6.07) is 0.358. The second-order valence-corrected chi connectivity index (χ2v) is 7.70. The average molecular weight is 347 g/mol. The van der Waals surface area contributed by atoms with Crippen LogP contribution >= 0.6 is 0 Å². The maximum atomic E-state index is 12.5. The summed E-state index contributed by atoms with van der Waals surface area (Å²) >= 11 is 0. The number of hydrogen-bond donors (Lipinski definition) is 2. The standard InChI is InChI=1S/C18H25N3O4/c22-16(23)10-21(9-11-5-6-11)13-7-12(8-13)19-18(24)17-14-3-1-2-4-15(14)25-20-17/h11-13H,1-10H2,(H,19,24)(H,22,23). The molecule has 2 fully saturated rings. The Morgan fingerprint density at radius 3 is 2.72 bits per heavy atom. The van der Waals surface area contributed by atoms with Crippen molar-refractivity contribution in [2.24, 2.45) is 5.92 Å². The van der Waals surface area contributed by atoms with Crippen LogP contribution in [0.4, 0.5) is 0 Å². The van der Waals surface area contributed by atoms with Crippen molar-refractivity contribution >= 4 is 11.9 Å².